The van der Waals surface area contributed by atoms with Crippen LogP contribution in [0.3, 0.4) is 0 Å². The summed E-state index contributed by atoms with van der Waals surface area (Å²) in [6.07, 6.45) is 47.1. The minimum absolute atomic E-state index is 0.107. The first-order valence-corrected chi connectivity index (χ1v) is 38.6. The van der Waals surface area contributed by atoms with Gasteiger partial charge < -0.3 is 33.8 Å². The molecule has 0 aliphatic rings. The van der Waals surface area contributed by atoms with Gasteiger partial charge in [-0.25, -0.2) is 9.13 Å². The van der Waals surface area contributed by atoms with E-state index in [1.807, 2.05) is 0 Å². The van der Waals surface area contributed by atoms with Gasteiger partial charge in [0, 0.05) is 25.7 Å². The van der Waals surface area contributed by atoms with Crippen LogP contribution >= 0.6 is 15.6 Å². The van der Waals surface area contributed by atoms with Gasteiger partial charge in [0.15, 0.2) is 12.2 Å². The van der Waals surface area contributed by atoms with Crippen LogP contribution in [-0.2, 0) is 65.4 Å². The first kappa shape index (κ1) is 85.1. The Morgan fingerprint density at radius 1 is 0.310 bits per heavy atom. The first-order chi connectivity index (χ1) is 42.0. The number of hydrogen-bond acceptors (Lipinski definition) is 15. The number of esters is 4. The standard InChI is InChI=1S/C68H132O17P2/c1-6-9-12-15-18-21-23-29-32-37-42-47-52-66(71)79-58-64(85-68(73)54-49-44-39-34-30-26-24-25-28-31-35-40-45-50-61(4)5)60-83-87(76,77)81-56-62(69)55-80-86(74,75)82-59-63(57-78-65(70)51-46-41-36-20-17-14-11-8-3)84-67(72)53-48-43-38-33-27-22-19-16-13-10-7-2/h61-64,69H,6-60H2,1-5H3,(H,74,75)(H,76,77)/t62-,63+,64+/m0/s1. The lowest BCUT2D eigenvalue weighted by molar-refractivity contribution is -0.161. The largest absolute Gasteiger partial charge is 0.472 e. The SMILES string of the molecule is CCCCCCCCCCCCCCC(=O)OC[C@H](COP(=O)(O)OC[C@@H](O)COP(=O)(O)OC[C@@H](COC(=O)CCCCCCCCCC)OC(=O)CCCCCCCCCCCCC)OC(=O)CCCCCCCCCCCCCCCC(C)C. The predicted octanol–water partition coefficient (Wildman–Crippen LogP) is 19.4. The number of phosphoric acid groups is 2. The molecule has 0 aromatic carbocycles. The van der Waals surface area contributed by atoms with E-state index in [0.29, 0.717) is 25.7 Å². The van der Waals surface area contributed by atoms with Crippen LogP contribution in [0.4, 0.5) is 0 Å². The fourth-order valence-corrected chi connectivity index (χ4v) is 11.9. The Morgan fingerprint density at radius 2 is 0.529 bits per heavy atom. The zero-order chi connectivity index (χ0) is 64.2. The molecule has 19 heteroatoms. The maximum Gasteiger partial charge on any atom is 0.472 e. The molecule has 0 rings (SSSR count). The molecule has 0 radical (unpaired) electrons. The van der Waals surface area contributed by atoms with Crippen LogP contribution in [0, 0.1) is 5.92 Å². The van der Waals surface area contributed by atoms with Gasteiger partial charge in [-0.3, -0.25) is 37.3 Å². The number of unbranched alkanes of at least 4 members (excludes halogenated alkanes) is 40. The number of carbonyl (C=O) groups is 4. The van der Waals surface area contributed by atoms with Crippen LogP contribution in [0.1, 0.15) is 349 Å². The molecule has 87 heavy (non-hydrogen) atoms. The molecule has 0 amide bonds. The van der Waals surface area contributed by atoms with E-state index in [1.165, 1.54) is 167 Å². The number of aliphatic hydroxyl groups is 1. The summed E-state index contributed by atoms with van der Waals surface area (Å²) < 4.78 is 68.1. The number of hydrogen-bond donors (Lipinski definition) is 3. The van der Waals surface area contributed by atoms with Crippen LogP contribution in [0.25, 0.3) is 0 Å². The lowest BCUT2D eigenvalue weighted by atomic mass is 10.0. The molecule has 2 unspecified atom stereocenters. The molecule has 0 aliphatic carbocycles. The third kappa shape index (κ3) is 62.6. The van der Waals surface area contributed by atoms with Gasteiger partial charge in [0.1, 0.15) is 19.3 Å². The summed E-state index contributed by atoms with van der Waals surface area (Å²) in [4.78, 5) is 72.3. The molecule has 17 nitrogen and oxygen atoms in total. The molecule has 5 atom stereocenters. The molecule has 0 aliphatic heterocycles. The fourth-order valence-electron chi connectivity index (χ4n) is 10.3. The summed E-state index contributed by atoms with van der Waals surface area (Å²) in [5, 5.41) is 10.6. The van der Waals surface area contributed by atoms with Gasteiger partial charge in [-0.15, -0.1) is 0 Å². The molecule has 0 spiro atoms. The molecule has 0 aromatic rings. The zero-order valence-electron chi connectivity index (χ0n) is 56.2. The smallest absolute Gasteiger partial charge is 0.462 e. The van der Waals surface area contributed by atoms with Crippen molar-refractivity contribution in [3.8, 4) is 0 Å². The van der Waals surface area contributed by atoms with E-state index in [-0.39, 0.29) is 25.7 Å². The van der Waals surface area contributed by atoms with Gasteiger partial charge in [-0.05, 0) is 31.6 Å². The molecule has 0 heterocycles. The van der Waals surface area contributed by atoms with Crippen molar-refractivity contribution in [2.75, 3.05) is 39.6 Å². The van der Waals surface area contributed by atoms with Crippen LogP contribution in [-0.4, -0.2) is 96.7 Å². The van der Waals surface area contributed by atoms with Gasteiger partial charge in [0.05, 0.1) is 26.4 Å². The van der Waals surface area contributed by atoms with E-state index in [1.54, 1.807) is 0 Å². The average molecular weight is 1280 g/mol. The lowest BCUT2D eigenvalue weighted by Crippen LogP contribution is -2.30. The zero-order valence-corrected chi connectivity index (χ0v) is 57.9. The van der Waals surface area contributed by atoms with Gasteiger partial charge in [-0.2, -0.15) is 0 Å². The molecule has 0 saturated carbocycles. The Morgan fingerprint density at radius 3 is 0.782 bits per heavy atom. The fraction of sp³-hybridized carbons (Fsp3) is 0.941. The Balaban J connectivity index is 5.22. The molecule has 0 fully saturated rings. The molecule has 3 N–H and O–H groups in total. The van der Waals surface area contributed by atoms with Crippen LogP contribution in [0.2, 0.25) is 0 Å². The van der Waals surface area contributed by atoms with Crippen molar-refractivity contribution in [2.24, 2.45) is 5.92 Å². The van der Waals surface area contributed by atoms with E-state index in [0.717, 1.165) is 102 Å². The number of aliphatic hydroxyl groups excluding tert-OH is 1. The summed E-state index contributed by atoms with van der Waals surface area (Å²) in [5.74, 6) is -1.34. The summed E-state index contributed by atoms with van der Waals surface area (Å²) >= 11 is 0. The second-order valence-corrected chi connectivity index (χ2v) is 27.9. The Bertz CT molecular complexity index is 1690. The van der Waals surface area contributed by atoms with E-state index in [4.69, 9.17) is 37.0 Å². The van der Waals surface area contributed by atoms with Crippen molar-refractivity contribution in [1.82, 2.24) is 0 Å². The molecule has 0 aromatic heterocycles. The van der Waals surface area contributed by atoms with Crippen molar-refractivity contribution < 1.29 is 80.2 Å². The quantitative estimate of drug-likeness (QED) is 0.0222. The topological polar surface area (TPSA) is 237 Å². The van der Waals surface area contributed by atoms with E-state index < -0.39 is 97.5 Å². The minimum Gasteiger partial charge on any atom is -0.462 e. The Hall–Kier alpha value is -1.94. The summed E-state index contributed by atoms with van der Waals surface area (Å²) in [5.41, 5.74) is 0. The third-order valence-corrected chi connectivity index (χ3v) is 17.7. The van der Waals surface area contributed by atoms with Crippen molar-refractivity contribution in [1.29, 1.82) is 0 Å². The van der Waals surface area contributed by atoms with Crippen LogP contribution in [0.15, 0.2) is 0 Å². The predicted molar refractivity (Wildman–Crippen MR) is 349 cm³/mol. The van der Waals surface area contributed by atoms with E-state index >= 15 is 0 Å². The lowest BCUT2D eigenvalue weighted by Gasteiger charge is -2.21. The Kier molecular flexibility index (Phi) is 60.2. The third-order valence-electron chi connectivity index (χ3n) is 15.8. The van der Waals surface area contributed by atoms with Gasteiger partial charge in [0.2, 0.25) is 0 Å². The number of phosphoric ester groups is 2. The highest BCUT2D eigenvalue weighted by Crippen LogP contribution is 2.45. The molecule has 0 saturated heterocycles. The summed E-state index contributed by atoms with van der Waals surface area (Å²) in [7, 11) is -9.89. The van der Waals surface area contributed by atoms with E-state index in [9.17, 15) is 43.2 Å². The second kappa shape index (κ2) is 61.6. The van der Waals surface area contributed by atoms with Crippen molar-refractivity contribution in [2.45, 2.75) is 368 Å². The van der Waals surface area contributed by atoms with Gasteiger partial charge in [0.25, 0.3) is 0 Å². The normalized spacial score (nSPS) is 14.1. The van der Waals surface area contributed by atoms with E-state index in [2.05, 4.69) is 34.6 Å². The van der Waals surface area contributed by atoms with Crippen LogP contribution < -0.4 is 0 Å². The highest BCUT2D eigenvalue weighted by Gasteiger charge is 2.30. The molecule has 0 bridgehead atoms. The van der Waals surface area contributed by atoms with Crippen molar-refractivity contribution in [3.63, 3.8) is 0 Å². The maximum atomic E-state index is 13.0. The maximum absolute atomic E-state index is 13.0. The number of ether oxygens (including phenoxy) is 4. The average Bonchev–Trinajstić information content (AvgIpc) is 3.56. The first-order valence-electron chi connectivity index (χ1n) is 35.6. The molecular formula is C68H132O17P2. The van der Waals surface area contributed by atoms with Crippen molar-refractivity contribution in [3.05, 3.63) is 0 Å². The minimum atomic E-state index is -4.95. The highest BCUT2D eigenvalue weighted by atomic mass is 31.2. The summed E-state index contributed by atoms with van der Waals surface area (Å²) in [6.45, 7) is 7.22. The monoisotopic (exact) mass is 1280 g/mol. The van der Waals surface area contributed by atoms with Gasteiger partial charge in [-0.1, -0.05) is 298 Å². The Labute approximate surface area is 530 Å². The van der Waals surface area contributed by atoms with Crippen LogP contribution in [0.5, 0.6) is 0 Å². The summed E-state index contributed by atoms with van der Waals surface area (Å²) in [6, 6.07) is 0. The molecular weight excluding hydrogens is 1150 g/mol. The second-order valence-electron chi connectivity index (χ2n) is 25.0. The highest BCUT2D eigenvalue weighted by molar-refractivity contribution is 7.47. The van der Waals surface area contributed by atoms with Crippen molar-refractivity contribution >= 4 is 39.5 Å². The number of carbonyl (C=O) groups excluding carboxylic acids is 4. The van der Waals surface area contributed by atoms with Gasteiger partial charge >= 0.3 is 39.5 Å². The molecule has 516 valence electrons. The number of rotatable bonds is 68.